The molecular formula is C18H29NO2. The van der Waals surface area contributed by atoms with E-state index in [1.54, 1.807) is 12.4 Å². The second kappa shape index (κ2) is 7.26. The molecule has 2 rings (SSSR count). The van der Waals surface area contributed by atoms with Crippen LogP contribution in [0.2, 0.25) is 0 Å². The number of ether oxygens (including phenoxy) is 1. The second-order valence-electron chi connectivity index (χ2n) is 6.69. The summed E-state index contributed by atoms with van der Waals surface area (Å²) in [6, 6.07) is 1.97. The van der Waals surface area contributed by atoms with Crippen LogP contribution < -0.4 is 4.74 Å². The van der Waals surface area contributed by atoms with Gasteiger partial charge in [0.15, 0.2) is 0 Å². The topological polar surface area (TPSA) is 42.4 Å². The van der Waals surface area contributed by atoms with Crippen LogP contribution in [0.25, 0.3) is 0 Å². The van der Waals surface area contributed by atoms with E-state index in [0.29, 0.717) is 0 Å². The molecule has 1 aromatic heterocycles. The third kappa shape index (κ3) is 4.44. The minimum absolute atomic E-state index is 0.125. The lowest BCUT2D eigenvalue weighted by molar-refractivity contribution is 0.0189. The van der Waals surface area contributed by atoms with Crippen LogP contribution in [0.5, 0.6) is 5.75 Å². The van der Waals surface area contributed by atoms with Crippen LogP contribution in [-0.2, 0) is 5.60 Å². The van der Waals surface area contributed by atoms with Gasteiger partial charge in [-0.05, 0) is 51.5 Å². The molecule has 0 amide bonds. The molecule has 2 atom stereocenters. The normalized spacial score (nSPS) is 26.6. The predicted octanol–water partition coefficient (Wildman–Crippen LogP) is 4.44. The molecule has 0 aliphatic heterocycles. The molecule has 3 nitrogen and oxygen atoms in total. The van der Waals surface area contributed by atoms with Crippen LogP contribution in [0.15, 0.2) is 18.5 Å². The zero-order valence-corrected chi connectivity index (χ0v) is 13.6. The Bertz CT molecular complexity index is 447. The molecule has 0 aromatic carbocycles. The molecule has 2 unspecified atom stereocenters. The van der Waals surface area contributed by atoms with Gasteiger partial charge in [0.1, 0.15) is 5.75 Å². The van der Waals surface area contributed by atoms with Gasteiger partial charge in [-0.15, -0.1) is 0 Å². The van der Waals surface area contributed by atoms with Gasteiger partial charge >= 0.3 is 0 Å². The van der Waals surface area contributed by atoms with Gasteiger partial charge in [-0.1, -0.05) is 26.2 Å². The lowest BCUT2D eigenvalue weighted by atomic mass is 9.87. The van der Waals surface area contributed by atoms with Gasteiger partial charge in [0.2, 0.25) is 0 Å². The fraction of sp³-hybridized carbons (Fsp3) is 0.722. The fourth-order valence-electron chi connectivity index (χ4n) is 3.39. The third-order valence-electron chi connectivity index (χ3n) is 4.49. The zero-order chi connectivity index (χ0) is 15.3. The molecule has 1 fully saturated rings. The van der Waals surface area contributed by atoms with Crippen molar-refractivity contribution in [2.75, 3.05) is 0 Å². The van der Waals surface area contributed by atoms with E-state index in [1.165, 1.54) is 19.3 Å². The Morgan fingerprint density at radius 3 is 2.86 bits per heavy atom. The van der Waals surface area contributed by atoms with E-state index in [9.17, 15) is 5.11 Å². The Balaban J connectivity index is 2.12. The highest BCUT2D eigenvalue weighted by atomic mass is 16.5. The first-order chi connectivity index (χ1) is 10.0. The lowest BCUT2D eigenvalue weighted by Crippen LogP contribution is -2.25. The van der Waals surface area contributed by atoms with Crippen molar-refractivity contribution in [2.45, 2.75) is 77.4 Å². The maximum Gasteiger partial charge on any atom is 0.138 e. The second-order valence-corrected chi connectivity index (χ2v) is 6.69. The van der Waals surface area contributed by atoms with E-state index < -0.39 is 5.60 Å². The van der Waals surface area contributed by atoms with E-state index in [2.05, 4.69) is 11.9 Å². The molecule has 1 saturated carbocycles. The average Bonchev–Trinajstić information content (AvgIpc) is 2.62. The van der Waals surface area contributed by atoms with Gasteiger partial charge in [-0.2, -0.15) is 0 Å². The van der Waals surface area contributed by atoms with E-state index in [4.69, 9.17) is 4.74 Å². The van der Waals surface area contributed by atoms with Gasteiger partial charge < -0.3 is 9.84 Å². The first kappa shape index (κ1) is 16.3. The largest absolute Gasteiger partial charge is 0.489 e. The van der Waals surface area contributed by atoms with E-state index >= 15 is 0 Å². The number of nitrogens with zero attached hydrogens (tertiary/aromatic N) is 1. The van der Waals surface area contributed by atoms with Gasteiger partial charge in [0, 0.05) is 11.8 Å². The summed E-state index contributed by atoms with van der Waals surface area (Å²) in [7, 11) is 0. The third-order valence-corrected chi connectivity index (χ3v) is 4.49. The summed E-state index contributed by atoms with van der Waals surface area (Å²) in [4.78, 5) is 4.26. The van der Waals surface area contributed by atoms with Gasteiger partial charge in [0.25, 0.3) is 0 Å². The average molecular weight is 291 g/mol. The van der Waals surface area contributed by atoms with Crippen LogP contribution in [0.1, 0.15) is 71.3 Å². The summed E-state index contributed by atoms with van der Waals surface area (Å²) >= 11 is 0. The maximum absolute atomic E-state index is 11.1. The number of hydrogen-bond donors (Lipinski definition) is 1. The summed E-state index contributed by atoms with van der Waals surface area (Å²) in [6.45, 7) is 6.25. The van der Waals surface area contributed by atoms with Gasteiger partial charge in [0.05, 0.1) is 17.9 Å². The molecule has 1 aromatic rings. The van der Waals surface area contributed by atoms with Crippen LogP contribution in [0.4, 0.5) is 0 Å². The Labute approximate surface area is 128 Å². The van der Waals surface area contributed by atoms with E-state index in [1.807, 2.05) is 19.9 Å². The highest BCUT2D eigenvalue weighted by molar-refractivity contribution is 5.28. The molecule has 1 heterocycles. The molecule has 0 radical (unpaired) electrons. The van der Waals surface area contributed by atoms with Crippen molar-refractivity contribution < 1.29 is 9.84 Å². The number of aliphatic hydroxyl groups is 1. The van der Waals surface area contributed by atoms with Crippen molar-refractivity contribution in [2.24, 2.45) is 5.92 Å². The van der Waals surface area contributed by atoms with Crippen molar-refractivity contribution in [3.05, 3.63) is 24.0 Å². The molecule has 21 heavy (non-hydrogen) atoms. The number of aromatic nitrogens is 1. The van der Waals surface area contributed by atoms with Crippen molar-refractivity contribution in [1.29, 1.82) is 0 Å². The number of hydrogen-bond acceptors (Lipinski definition) is 3. The Morgan fingerprint density at radius 1 is 1.33 bits per heavy atom. The molecule has 3 heteroatoms. The van der Waals surface area contributed by atoms with Crippen LogP contribution in [0, 0.1) is 5.92 Å². The fourth-order valence-corrected chi connectivity index (χ4v) is 3.39. The van der Waals surface area contributed by atoms with Crippen molar-refractivity contribution in [1.82, 2.24) is 4.98 Å². The van der Waals surface area contributed by atoms with E-state index in [0.717, 1.165) is 42.9 Å². The van der Waals surface area contributed by atoms with Gasteiger partial charge in [-0.3, -0.25) is 4.98 Å². The van der Waals surface area contributed by atoms with Gasteiger partial charge in [-0.25, -0.2) is 0 Å². The maximum atomic E-state index is 11.1. The Morgan fingerprint density at radius 2 is 2.14 bits per heavy atom. The highest BCUT2D eigenvalue weighted by Crippen LogP contribution is 2.39. The SMILES string of the molecule is CCCC1CCCC(O)(c2cncc(OC(C)C)c2)CC1. The Hall–Kier alpha value is -1.09. The lowest BCUT2D eigenvalue weighted by Gasteiger charge is -2.27. The summed E-state index contributed by atoms with van der Waals surface area (Å²) in [5.74, 6) is 1.53. The van der Waals surface area contributed by atoms with Crippen molar-refractivity contribution in [3.8, 4) is 5.75 Å². The van der Waals surface area contributed by atoms with Crippen LogP contribution in [0.3, 0.4) is 0 Å². The minimum Gasteiger partial charge on any atom is -0.489 e. The Kier molecular flexibility index (Phi) is 5.63. The molecule has 1 aliphatic carbocycles. The number of rotatable bonds is 5. The molecule has 1 aliphatic rings. The quantitative estimate of drug-likeness (QED) is 0.816. The van der Waals surface area contributed by atoms with Crippen molar-refractivity contribution in [3.63, 3.8) is 0 Å². The van der Waals surface area contributed by atoms with Crippen LogP contribution in [-0.4, -0.2) is 16.2 Å². The molecule has 118 valence electrons. The predicted molar refractivity (Wildman–Crippen MR) is 85.4 cm³/mol. The summed E-state index contributed by atoms with van der Waals surface area (Å²) in [5, 5.41) is 11.1. The summed E-state index contributed by atoms with van der Waals surface area (Å²) in [5.41, 5.74) is 0.184. The number of pyridine rings is 1. The van der Waals surface area contributed by atoms with Crippen LogP contribution >= 0.6 is 0 Å². The van der Waals surface area contributed by atoms with Crippen molar-refractivity contribution >= 4 is 0 Å². The molecule has 0 spiro atoms. The smallest absolute Gasteiger partial charge is 0.138 e. The first-order valence-corrected chi connectivity index (χ1v) is 8.38. The highest BCUT2D eigenvalue weighted by Gasteiger charge is 2.33. The minimum atomic E-state index is -0.730. The van der Waals surface area contributed by atoms with E-state index in [-0.39, 0.29) is 6.10 Å². The first-order valence-electron chi connectivity index (χ1n) is 8.38. The molecule has 0 saturated heterocycles. The molecule has 1 N–H and O–H groups in total. The molecular weight excluding hydrogens is 262 g/mol. The summed E-state index contributed by atoms with van der Waals surface area (Å²) < 4.78 is 5.71. The zero-order valence-electron chi connectivity index (χ0n) is 13.6. The summed E-state index contributed by atoms with van der Waals surface area (Å²) in [6.07, 6.45) is 11.3. The monoisotopic (exact) mass is 291 g/mol. The standard InChI is InChI=1S/C18H29NO2/c1-4-6-15-7-5-9-18(20,10-8-15)16-11-17(13-19-12-16)21-14(2)3/h11-15,20H,4-10H2,1-3H3. The molecule has 0 bridgehead atoms.